The fourth-order valence-electron chi connectivity index (χ4n) is 3.70. The van der Waals surface area contributed by atoms with Gasteiger partial charge in [0.25, 0.3) is 0 Å². The van der Waals surface area contributed by atoms with Crippen LogP contribution in [0.1, 0.15) is 111 Å². The second-order valence-corrected chi connectivity index (χ2v) is 7.29. The molecular formula is C22H46O3. The molecule has 0 fully saturated rings. The van der Waals surface area contributed by atoms with E-state index < -0.39 is 0 Å². The molecule has 0 radical (unpaired) electrons. The third-order valence-electron chi connectivity index (χ3n) is 5.45. The van der Waals surface area contributed by atoms with Crippen molar-refractivity contribution in [3.63, 3.8) is 0 Å². The normalized spacial score (nSPS) is 13.3. The largest absolute Gasteiger partial charge is 0.394 e. The first-order valence-electron chi connectivity index (χ1n) is 11.1. The fraction of sp³-hybridized carbons (Fsp3) is 1.00. The number of aliphatic hydroxyl groups excluding tert-OH is 1. The van der Waals surface area contributed by atoms with Crippen LogP contribution in [-0.2, 0) is 9.47 Å². The number of ether oxygens (including phenoxy) is 2. The second-order valence-electron chi connectivity index (χ2n) is 7.29. The summed E-state index contributed by atoms with van der Waals surface area (Å²) in [5, 5.41) is 9.03. The predicted octanol–water partition coefficient (Wildman–Crippen LogP) is 6.27. The molecule has 0 spiro atoms. The molecule has 0 saturated carbocycles. The minimum Gasteiger partial charge on any atom is -0.394 e. The molecule has 0 aromatic heterocycles. The van der Waals surface area contributed by atoms with Crippen LogP contribution in [0.15, 0.2) is 0 Å². The summed E-state index contributed by atoms with van der Waals surface area (Å²) in [5.74, 6) is 0. The molecule has 0 amide bonds. The van der Waals surface area contributed by atoms with Gasteiger partial charge in [0.05, 0.1) is 24.9 Å². The molecule has 3 heteroatoms. The summed E-state index contributed by atoms with van der Waals surface area (Å²) >= 11 is 0. The Morgan fingerprint density at radius 3 is 1.68 bits per heavy atom. The molecule has 3 nitrogen and oxygen atoms in total. The molecule has 0 aliphatic rings. The third kappa shape index (κ3) is 11.2. The van der Waals surface area contributed by atoms with Crippen LogP contribution in [-0.4, -0.2) is 36.6 Å². The van der Waals surface area contributed by atoms with E-state index in [0.29, 0.717) is 6.61 Å². The van der Waals surface area contributed by atoms with Crippen molar-refractivity contribution in [3.05, 3.63) is 0 Å². The molecule has 1 atom stereocenters. The first-order valence-corrected chi connectivity index (χ1v) is 11.1. The Bertz CT molecular complexity index is 264. The molecule has 0 rings (SSSR count). The van der Waals surface area contributed by atoms with E-state index in [1.807, 2.05) is 0 Å². The molecule has 0 aromatic rings. The standard InChI is InChI=1S/C22H46O3/c1-5-9-10-11-12-13-14-15-16-17-19-25-22(7-3,8-4)21(6-2)24-20-18-23/h21,23H,5-20H2,1-4H3. The Labute approximate surface area is 157 Å². The molecule has 1 unspecified atom stereocenters. The summed E-state index contributed by atoms with van der Waals surface area (Å²) in [7, 11) is 0. The van der Waals surface area contributed by atoms with Crippen LogP contribution in [0.2, 0.25) is 0 Å². The summed E-state index contributed by atoms with van der Waals surface area (Å²) in [6.07, 6.45) is 16.4. The summed E-state index contributed by atoms with van der Waals surface area (Å²) in [6, 6.07) is 0. The van der Waals surface area contributed by atoms with Crippen LogP contribution < -0.4 is 0 Å². The minimum atomic E-state index is -0.191. The Hall–Kier alpha value is -0.120. The highest BCUT2D eigenvalue weighted by molar-refractivity contribution is 4.87. The topological polar surface area (TPSA) is 38.7 Å². The zero-order chi connectivity index (χ0) is 18.8. The van der Waals surface area contributed by atoms with Crippen molar-refractivity contribution in [1.29, 1.82) is 0 Å². The lowest BCUT2D eigenvalue weighted by atomic mass is 9.88. The molecule has 152 valence electrons. The molecule has 0 bridgehead atoms. The minimum absolute atomic E-state index is 0.0813. The van der Waals surface area contributed by atoms with Gasteiger partial charge in [-0.15, -0.1) is 0 Å². The zero-order valence-corrected chi connectivity index (χ0v) is 17.7. The number of hydrogen-bond donors (Lipinski definition) is 1. The Morgan fingerprint density at radius 2 is 1.24 bits per heavy atom. The van der Waals surface area contributed by atoms with Gasteiger partial charge in [-0.1, -0.05) is 85.5 Å². The summed E-state index contributed by atoms with van der Waals surface area (Å²) < 4.78 is 12.2. The van der Waals surface area contributed by atoms with Gasteiger partial charge >= 0.3 is 0 Å². The first-order chi connectivity index (χ1) is 12.2. The highest BCUT2D eigenvalue weighted by Gasteiger charge is 2.36. The lowest BCUT2D eigenvalue weighted by Crippen LogP contribution is -2.46. The first kappa shape index (κ1) is 24.9. The molecule has 25 heavy (non-hydrogen) atoms. The maximum Gasteiger partial charge on any atom is 0.0937 e. The maximum absolute atomic E-state index is 9.03. The van der Waals surface area contributed by atoms with Crippen molar-refractivity contribution in [1.82, 2.24) is 0 Å². The van der Waals surface area contributed by atoms with E-state index in [4.69, 9.17) is 14.6 Å². The van der Waals surface area contributed by atoms with E-state index in [1.165, 1.54) is 57.8 Å². The van der Waals surface area contributed by atoms with Gasteiger partial charge in [-0.3, -0.25) is 0 Å². The molecule has 0 saturated heterocycles. The molecule has 0 aromatic carbocycles. The van der Waals surface area contributed by atoms with Gasteiger partial charge in [0, 0.05) is 6.61 Å². The molecule has 0 aliphatic heterocycles. The number of aliphatic hydroxyl groups is 1. The van der Waals surface area contributed by atoms with Crippen molar-refractivity contribution in [2.75, 3.05) is 19.8 Å². The molecular weight excluding hydrogens is 312 g/mol. The van der Waals surface area contributed by atoms with Crippen LogP contribution >= 0.6 is 0 Å². The zero-order valence-electron chi connectivity index (χ0n) is 17.7. The number of unbranched alkanes of at least 4 members (excludes halogenated alkanes) is 9. The lowest BCUT2D eigenvalue weighted by molar-refractivity contribution is -0.155. The number of hydrogen-bond acceptors (Lipinski definition) is 3. The smallest absolute Gasteiger partial charge is 0.0937 e. The van der Waals surface area contributed by atoms with Gasteiger partial charge in [-0.2, -0.15) is 0 Å². The summed E-state index contributed by atoms with van der Waals surface area (Å²) in [5.41, 5.74) is -0.191. The maximum atomic E-state index is 9.03. The van der Waals surface area contributed by atoms with Crippen molar-refractivity contribution in [2.45, 2.75) is 123 Å². The van der Waals surface area contributed by atoms with Gasteiger partial charge in [-0.05, 0) is 25.7 Å². The van der Waals surface area contributed by atoms with Gasteiger partial charge in [0.15, 0.2) is 0 Å². The highest BCUT2D eigenvalue weighted by atomic mass is 16.6. The van der Waals surface area contributed by atoms with Gasteiger partial charge < -0.3 is 14.6 Å². The Morgan fingerprint density at radius 1 is 0.720 bits per heavy atom. The monoisotopic (exact) mass is 358 g/mol. The van der Waals surface area contributed by atoms with Crippen LogP contribution in [0.4, 0.5) is 0 Å². The van der Waals surface area contributed by atoms with Crippen LogP contribution in [0, 0.1) is 0 Å². The van der Waals surface area contributed by atoms with Gasteiger partial charge in [0.2, 0.25) is 0 Å². The van der Waals surface area contributed by atoms with E-state index in [1.54, 1.807) is 0 Å². The predicted molar refractivity (Wildman–Crippen MR) is 108 cm³/mol. The molecule has 0 aliphatic carbocycles. The second kappa shape index (κ2) is 17.3. The van der Waals surface area contributed by atoms with E-state index in [0.717, 1.165) is 32.3 Å². The average molecular weight is 359 g/mol. The van der Waals surface area contributed by atoms with Crippen molar-refractivity contribution < 1.29 is 14.6 Å². The van der Waals surface area contributed by atoms with E-state index in [-0.39, 0.29) is 18.3 Å². The average Bonchev–Trinajstić information content (AvgIpc) is 2.64. The molecule has 0 heterocycles. The van der Waals surface area contributed by atoms with Crippen molar-refractivity contribution >= 4 is 0 Å². The van der Waals surface area contributed by atoms with Gasteiger partial charge in [0.1, 0.15) is 0 Å². The van der Waals surface area contributed by atoms with Crippen LogP contribution in [0.5, 0.6) is 0 Å². The Kier molecular flexibility index (Phi) is 17.2. The van der Waals surface area contributed by atoms with E-state index >= 15 is 0 Å². The quantitative estimate of drug-likeness (QED) is 0.277. The summed E-state index contributed by atoms with van der Waals surface area (Å²) in [4.78, 5) is 0. The van der Waals surface area contributed by atoms with Crippen LogP contribution in [0.3, 0.4) is 0 Å². The Balaban J connectivity index is 3.89. The van der Waals surface area contributed by atoms with Gasteiger partial charge in [-0.25, -0.2) is 0 Å². The SMILES string of the molecule is CCCCCCCCCCCCOC(CC)(CC)C(CC)OCCO. The molecule has 1 N–H and O–H groups in total. The van der Waals surface area contributed by atoms with Crippen molar-refractivity contribution in [3.8, 4) is 0 Å². The lowest BCUT2D eigenvalue weighted by Gasteiger charge is -2.39. The van der Waals surface area contributed by atoms with Crippen LogP contribution in [0.25, 0.3) is 0 Å². The van der Waals surface area contributed by atoms with E-state index in [9.17, 15) is 0 Å². The highest BCUT2D eigenvalue weighted by Crippen LogP contribution is 2.29. The third-order valence-corrected chi connectivity index (χ3v) is 5.45. The number of rotatable bonds is 19. The summed E-state index contributed by atoms with van der Waals surface area (Å²) in [6.45, 7) is 10.1. The fourth-order valence-corrected chi connectivity index (χ4v) is 3.70. The van der Waals surface area contributed by atoms with E-state index in [2.05, 4.69) is 27.7 Å². The van der Waals surface area contributed by atoms with Crippen molar-refractivity contribution in [2.24, 2.45) is 0 Å².